The number of hydrogen-bond acceptors (Lipinski definition) is 0. The monoisotopic (exact) mass is 184 g/mol. The number of rotatable bonds is 2. The van der Waals surface area contributed by atoms with Crippen LogP contribution in [0.25, 0.3) is 0 Å². The van der Waals surface area contributed by atoms with E-state index >= 15 is 0 Å². The molecule has 68 valence electrons. The van der Waals surface area contributed by atoms with Crippen LogP contribution < -0.4 is 0 Å². The Labute approximate surface area is 80.3 Å². The molecule has 0 heterocycles. The van der Waals surface area contributed by atoms with Crippen LogP contribution in [0.1, 0.15) is 40.0 Å². The first-order valence-electron chi connectivity index (χ1n) is 4.59. The smallest absolute Gasteiger partial charge is 0.0218 e. The lowest BCUT2D eigenvalue weighted by molar-refractivity contribution is 0.394. The third-order valence-corrected chi connectivity index (χ3v) is 2.58. The highest BCUT2D eigenvalue weighted by Gasteiger charge is 2.28. The van der Waals surface area contributed by atoms with E-state index in [4.69, 9.17) is 11.6 Å². The first-order chi connectivity index (χ1) is 5.55. The predicted octanol–water partition coefficient (Wildman–Crippen LogP) is 4.27. The maximum Gasteiger partial charge on any atom is 0.0218 e. The Balaban J connectivity index is 2.66. The zero-order chi connectivity index (χ0) is 9.19. The van der Waals surface area contributed by atoms with Gasteiger partial charge in [0.15, 0.2) is 0 Å². The van der Waals surface area contributed by atoms with Crippen molar-refractivity contribution in [3.63, 3.8) is 0 Å². The third kappa shape index (κ3) is 2.38. The van der Waals surface area contributed by atoms with Crippen LogP contribution in [0, 0.1) is 5.41 Å². The molecule has 0 aromatic heterocycles. The maximum absolute atomic E-state index is 6.13. The lowest BCUT2D eigenvalue weighted by Crippen LogP contribution is -2.04. The topological polar surface area (TPSA) is 0 Å². The van der Waals surface area contributed by atoms with Gasteiger partial charge in [-0.15, -0.1) is 0 Å². The Morgan fingerprint density at radius 2 is 2.08 bits per heavy atom. The largest absolute Gasteiger partial charge is 0.0888 e. The van der Waals surface area contributed by atoms with Crippen LogP contribution in [0.5, 0.6) is 0 Å². The number of allylic oxidation sites excluding steroid dienone is 4. The van der Waals surface area contributed by atoms with Gasteiger partial charge in [0.2, 0.25) is 0 Å². The van der Waals surface area contributed by atoms with Crippen molar-refractivity contribution in [3.8, 4) is 0 Å². The molecular weight excluding hydrogens is 168 g/mol. The average molecular weight is 185 g/mol. The van der Waals surface area contributed by atoms with Crippen molar-refractivity contribution in [2.75, 3.05) is 0 Å². The first kappa shape index (κ1) is 9.85. The molecular formula is C11H17Cl. The fourth-order valence-corrected chi connectivity index (χ4v) is 2.11. The summed E-state index contributed by atoms with van der Waals surface area (Å²) in [4.78, 5) is 0. The van der Waals surface area contributed by atoms with E-state index in [1.807, 2.05) is 0 Å². The minimum atomic E-state index is 0.379. The molecule has 1 aliphatic carbocycles. The van der Waals surface area contributed by atoms with Gasteiger partial charge >= 0.3 is 0 Å². The van der Waals surface area contributed by atoms with Gasteiger partial charge in [-0.3, -0.25) is 0 Å². The minimum Gasteiger partial charge on any atom is -0.0888 e. The standard InChI is InChI=1S/C11H17Cl/c1-4-5-6-9-7-11(2,3)8-10(9)12/h5-6H,4,7-8H2,1-3H3. The van der Waals surface area contributed by atoms with E-state index in [2.05, 4.69) is 32.9 Å². The molecule has 0 aromatic carbocycles. The highest BCUT2D eigenvalue weighted by Crippen LogP contribution is 2.43. The summed E-state index contributed by atoms with van der Waals surface area (Å²) in [6, 6.07) is 0. The van der Waals surface area contributed by atoms with E-state index < -0.39 is 0 Å². The van der Waals surface area contributed by atoms with Crippen molar-refractivity contribution >= 4 is 11.6 Å². The summed E-state index contributed by atoms with van der Waals surface area (Å²) in [6.07, 6.45) is 7.62. The molecule has 0 atom stereocenters. The van der Waals surface area contributed by atoms with Gasteiger partial charge in [-0.25, -0.2) is 0 Å². The van der Waals surface area contributed by atoms with Gasteiger partial charge in [-0.05, 0) is 30.3 Å². The molecule has 0 aliphatic heterocycles. The van der Waals surface area contributed by atoms with E-state index in [-0.39, 0.29) is 0 Å². The molecule has 0 amide bonds. The SMILES string of the molecule is CCC=CC1=C(Cl)CC(C)(C)C1. The molecule has 0 nitrogen and oxygen atoms in total. The summed E-state index contributed by atoms with van der Waals surface area (Å²) in [6.45, 7) is 6.68. The minimum absolute atomic E-state index is 0.379. The lowest BCUT2D eigenvalue weighted by Gasteiger charge is -2.15. The van der Waals surface area contributed by atoms with Gasteiger partial charge in [0.1, 0.15) is 0 Å². The molecule has 0 bridgehead atoms. The molecule has 0 aromatic rings. The van der Waals surface area contributed by atoms with E-state index in [1.54, 1.807) is 0 Å². The molecule has 12 heavy (non-hydrogen) atoms. The average Bonchev–Trinajstić information content (AvgIpc) is 2.20. The van der Waals surface area contributed by atoms with Crippen LogP contribution in [-0.4, -0.2) is 0 Å². The van der Waals surface area contributed by atoms with Crippen LogP contribution in [0.3, 0.4) is 0 Å². The van der Waals surface area contributed by atoms with Crippen LogP contribution >= 0.6 is 11.6 Å². The van der Waals surface area contributed by atoms with Gasteiger partial charge in [0.05, 0.1) is 0 Å². The second-order valence-corrected chi connectivity index (χ2v) is 4.71. The molecule has 0 N–H and O–H groups in total. The Bertz CT molecular complexity index is 221. The van der Waals surface area contributed by atoms with Gasteiger partial charge < -0.3 is 0 Å². The van der Waals surface area contributed by atoms with E-state index in [0.29, 0.717) is 5.41 Å². The predicted molar refractivity (Wildman–Crippen MR) is 55.3 cm³/mol. The summed E-state index contributed by atoms with van der Waals surface area (Å²) in [5.74, 6) is 0. The second kappa shape index (κ2) is 3.66. The fraction of sp³-hybridized carbons (Fsp3) is 0.636. The number of hydrogen-bond donors (Lipinski definition) is 0. The summed E-state index contributed by atoms with van der Waals surface area (Å²) >= 11 is 6.13. The second-order valence-electron chi connectivity index (χ2n) is 4.26. The van der Waals surface area contributed by atoms with Crippen molar-refractivity contribution < 1.29 is 0 Å². The molecule has 0 saturated carbocycles. The quantitative estimate of drug-likeness (QED) is 0.602. The molecule has 1 heteroatoms. The van der Waals surface area contributed by atoms with Crippen LogP contribution in [-0.2, 0) is 0 Å². The summed E-state index contributed by atoms with van der Waals surface area (Å²) < 4.78 is 0. The summed E-state index contributed by atoms with van der Waals surface area (Å²) in [5, 5.41) is 1.06. The number of halogens is 1. The van der Waals surface area contributed by atoms with Crippen molar-refractivity contribution in [3.05, 3.63) is 22.8 Å². The Kier molecular flexibility index (Phi) is 3.00. The summed E-state index contributed by atoms with van der Waals surface area (Å²) in [5.41, 5.74) is 1.72. The zero-order valence-electron chi connectivity index (χ0n) is 8.15. The van der Waals surface area contributed by atoms with E-state index in [1.165, 1.54) is 5.57 Å². The highest BCUT2D eigenvalue weighted by atomic mass is 35.5. The molecule has 0 unspecified atom stereocenters. The Morgan fingerprint density at radius 1 is 1.42 bits per heavy atom. The Hall–Kier alpha value is -0.230. The zero-order valence-corrected chi connectivity index (χ0v) is 8.91. The first-order valence-corrected chi connectivity index (χ1v) is 4.97. The summed E-state index contributed by atoms with van der Waals surface area (Å²) in [7, 11) is 0. The molecule has 1 rings (SSSR count). The van der Waals surface area contributed by atoms with Gasteiger partial charge in [-0.2, -0.15) is 0 Å². The van der Waals surface area contributed by atoms with Crippen molar-refractivity contribution in [1.29, 1.82) is 0 Å². The Morgan fingerprint density at radius 3 is 2.50 bits per heavy atom. The molecule has 1 aliphatic rings. The highest BCUT2D eigenvalue weighted by molar-refractivity contribution is 6.30. The van der Waals surface area contributed by atoms with Crippen molar-refractivity contribution in [1.82, 2.24) is 0 Å². The third-order valence-electron chi connectivity index (χ3n) is 2.21. The van der Waals surface area contributed by atoms with E-state index in [9.17, 15) is 0 Å². The maximum atomic E-state index is 6.13. The van der Waals surface area contributed by atoms with E-state index in [0.717, 1.165) is 24.3 Å². The van der Waals surface area contributed by atoms with Crippen LogP contribution in [0.15, 0.2) is 22.8 Å². The van der Waals surface area contributed by atoms with Crippen LogP contribution in [0.4, 0.5) is 0 Å². The van der Waals surface area contributed by atoms with Crippen molar-refractivity contribution in [2.45, 2.75) is 40.0 Å². The molecule has 0 radical (unpaired) electrons. The normalized spacial score (nSPS) is 22.7. The molecule has 0 fully saturated rings. The van der Waals surface area contributed by atoms with Gasteiger partial charge in [0.25, 0.3) is 0 Å². The van der Waals surface area contributed by atoms with Gasteiger partial charge in [0, 0.05) is 5.03 Å². The lowest BCUT2D eigenvalue weighted by atomic mass is 9.89. The van der Waals surface area contributed by atoms with Crippen molar-refractivity contribution in [2.24, 2.45) is 5.41 Å². The molecule has 0 saturated heterocycles. The fourth-order valence-electron chi connectivity index (χ4n) is 1.62. The van der Waals surface area contributed by atoms with Crippen LogP contribution in [0.2, 0.25) is 0 Å². The van der Waals surface area contributed by atoms with Gasteiger partial charge in [-0.1, -0.05) is 44.5 Å². The molecule has 0 spiro atoms.